The predicted octanol–water partition coefficient (Wildman–Crippen LogP) is 3.43. The molecule has 0 saturated carbocycles. The van der Waals surface area contributed by atoms with Crippen LogP contribution in [0.5, 0.6) is 5.75 Å². The molecule has 0 radical (unpaired) electrons. The van der Waals surface area contributed by atoms with E-state index in [0.29, 0.717) is 24.8 Å². The van der Waals surface area contributed by atoms with Crippen LogP contribution in [-0.2, 0) is 6.67 Å². The number of aryl methyl sites for hydroxylation is 1. The quantitative estimate of drug-likeness (QED) is 0.742. The van der Waals surface area contributed by atoms with Crippen molar-refractivity contribution in [3.63, 3.8) is 0 Å². The third-order valence-electron chi connectivity index (χ3n) is 5.00. The Balaban J connectivity index is 2.07. The summed E-state index contributed by atoms with van der Waals surface area (Å²) in [6.07, 6.45) is 3.50. The lowest BCUT2D eigenvalue weighted by Crippen LogP contribution is -2.48. The number of methoxy groups -OCH3 is 1. The highest BCUT2D eigenvalue weighted by Gasteiger charge is 2.28. The van der Waals surface area contributed by atoms with Gasteiger partial charge in [0.25, 0.3) is 5.56 Å². The molecule has 1 aromatic carbocycles. The first-order valence-electron chi connectivity index (χ1n) is 9.27. The molecule has 0 atom stereocenters. The van der Waals surface area contributed by atoms with Crippen molar-refractivity contribution in [2.75, 3.05) is 25.2 Å². The van der Waals surface area contributed by atoms with E-state index in [4.69, 9.17) is 9.72 Å². The van der Waals surface area contributed by atoms with Gasteiger partial charge < -0.3 is 4.74 Å². The van der Waals surface area contributed by atoms with Gasteiger partial charge >= 0.3 is 0 Å². The van der Waals surface area contributed by atoms with E-state index in [9.17, 15) is 4.79 Å². The molecule has 3 rings (SSSR count). The maximum absolute atomic E-state index is 12.9. The fourth-order valence-corrected chi connectivity index (χ4v) is 3.35. The third-order valence-corrected chi connectivity index (χ3v) is 5.00. The Morgan fingerprint density at radius 1 is 1.15 bits per heavy atom. The number of nitrogens with zero attached hydrogens (tertiary/aromatic N) is 4. The van der Waals surface area contributed by atoms with E-state index in [-0.39, 0.29) is 5.56 Å². The molecule has 0 saturated heterocycles. The Labute approximate surface area is 155 Å². The fraction of sp³-hybridized carbons (Fsp3) is 0.500. The second-order valence-corrected chi connectivity index (χ2v) is 6.84. The summed E-state index contributed by atoms with van der Waals surface area (Å²) in [5.74, 6) is 1.47. The molecule has 0 fully saturated rings. The van der Waals surface area contributed by atoms with Gasteiger partial charge in [0, 0.05) is 17.8 Å². The molecule has 2 heterocycles. The van der Waals surface area contributed by atoms with Crippen LogP contribution in [0.25, 0.3) is 0 Å². The van der Waals surface area contributed by atoms with Crippen LogP contribution in [0.1, 0.15) is 37.4 Å². The Morgan fingerprint density at radius 3 is 2.65 bits per heavy atom. The summed E-state index contributed by atoms with van der Waals surface area (Å²) in [6, 6.07) is 7.89. The minimum Gasteiger partial charge on any atom is -0.495 e. The van der Waals surface area contributed by atoms with Crippen molar-refractivity contribution in [2.24, 2.45) is 0 Å². The monoisotopic (exact) mass is 356 g/mol. The smallest absolute Gasteiger partial charge is 0.259 e. The largest absolute Gasteiger partial charge is 0.495 e. The minimum atomic E-state index is 0.0348. The predicted molar refractivity (Wildman–Crippen MR) is 104 cm³/mol. The van der Waals surface area contributed by atoms with Gasteiger partial charge in [-0.05, 0) is 32.4 Å². The Morgan fingerprint density at radius 2 is 1.92 bits per heavy atom. The second-order valence-electron chi connectivity index (χ2n) is 6.84. The molecule has 0 N–H and O–H groups in total. The first kappa shape index (κ1) is 18.5. The number of rotatable bonds is 6. The first-order valence-corrected chi connectivity index (χ1v) is 9.27. The zero-order chi connectivity index (χ0) is 18.7. The molecular weight excluding hydrogens is 328 g/mol. The first-order chi connectivity index (χ1) is 12.6. The van der Waals surface area contributed by atoms with Crippen molar-refractivity contribution in [1.29, 1.82) is 0 Å². The molecule has 1 aliphatic heterocycles. The molecule has 0 bridgehead atoms. The van der Waals surface area contributed by atoms with Crippen molar-refractivity contribution in [2.45, 2.75) is 46.7 Å². The van der Waals surface area contributed by atoms with E-state index in [2.05, 4.69) is 16.7 Å². The van der Waals surface area contributed by atoms with E-state index >= 15 is 0 Å². The number of unbranched alkanes of at least 4 members (excludes halogenated alkanes) is 2. The summed E-state index contributed by atoms with van der Waals surface area (Å²) >= 11 is 0. The van der Waals surface area contributed by atoms with Crippen LogP contribution in [0.2, 0.25) is 0 Å². The lowest BCUT2D eigenvalue weighted by Gasteiger charge is -2.38. The van der Waals surface area contributed by atoms with Gasteiger partial charge in [-0.25, -0.2) is 4.98 Å². The number of aromatic nitrogens is 2. The van der Waals surface area contributed by atoms with Crippen molar-refractivity contribution >= 4 is 11.6 Å². The Hall–Kier alpha value is -2.34. The minimum absolute atomic E-state index is 0.0348. The van der Waals surface area contributed by atoms with E-state index in [1.54, 1.807) is 11.7 Å². The van der Waals surface area contributed by atoms with Gasteiger partial charge in [-0.15, -0.1) is 0 Å². The van der Waals surface area contributed by atoms with Gasteiger partial charge in [0.15, 0.2) is 0 Å². The highest BCUT2D eigenvalue weighted by molar-refractivity contribution is 5.66. The number of hydrogen-bond acceptors (Lipinski definition) is 5. The highest BCUT2D eigenvalue weighted by atomic mass is 16.5. The lowest BCUT2D eigenvalue weighted by molar-refractivity contribution is 0.194. The molecule has 1 aromatic heterocycles. The molecule has 6 nitrogen and oxygen atoms in total. The van der Waals surface area contributed by atoms with Gasteiger partial charge in [0.05, 0.1) is 26.1 Å². The van der Waals surface area contributed by atoms with Crippen LogP contribution in [0.15, 0.2) is 29.1 Å². The van der Waals surface area contributed by atoms with Crippen LogP contribution in [0.4, 0.5) is 11.6 Å². The fourth-order valence-electron chi connectivity index (χ4n) is 3.35. The van der Waals surface area contributed by atoms with E-state index in [0.717, 1.165) is 30.1 Å². The standard InChI is InChI=1S/C20H28N4O2/c1-5-6-9-12-22-13-23(17-10-7-8-11-18(17)26-4)20-21-16(3)15(2)19(25)24(20)14-22/h7-8,10-11H,5-6,9,12-14H2,1-4H3. The van der Waals surface area contributed by atoms with E-state index in [1.165, 1.54) is 12.8 Å². The van der Waals surface area contributed by atoms with Crippen LogP contribution in [0.3, 0.4) is 0 Å². The van der Waals surface area contributed by atoms with Crippen molar-refractivity contribution in [1.82, 2.24) is 14.5 Å². The summed E-state index contributed by atoms with van der Waals surface area (Å²) in [4.78, 5) is 22.0. The molecule has 0 aliphatic carbocycles. The van der Waals surface area contributed by atoms with Crippen molar-refractivity contribution in [3.05, 3.63) is 45.9 Å². The van der Waals surface area contributed by atoms with E-state index < -0.39 is 0 Å². The summed E-state index contributed by atoms with van der Waals surface area (Å²) in [7, 11) is 1.67. The Kier molecular flexibility index (Phi) is 5.61. The highest BCUT2D eigenvalue weighted by Crippen LogP contribution is 2.34. The summed E-state index contributed by atoms with van der Waals surface area (Å²) < 4.78 is 7.34. The van der Waals surface area contributed by atoms with E-state index in [1.807, 2.05) is 38.1 Å². The van der Waals surface area contributed by atoms with Crippen LogP contribution < -0.4 is 15.2 Å². The molecule has 0 amide bonds. The Bertz CT molecular complexity index is 831. The number of fused-ring (bicyclic) bond motifs is 1. The molecule has 6 heteroatoms. The summed E-state index contributed by atoms with van der Waals surface area (Å²) in [5, 5.41) is 0. The molecule has 2 aromatic rings. The third kappa shape index (κ3) is 3.46. The number of hydrogen-bond donors (Lipinski definition) is 0. The number of ether oxygens (including phenoxy) is 1. The SMILES string of the molecule is CCCCCN1CN(c2ccccc2OC)c2nc(C)c(C)c(=O)n2C1. The number of benzene rings is 1. The zero-order valence-corrected chi connectivity index (χ0v) is 16.2. The average molecular weight is 356 g/mol. The van der Waals surface area contributed by atoms with Crippen LogP contribution in [0, 0.1) is 13.8 Å². The van der Waals surface area contributed by atoms with Gasteiger partial charge in [-0.3, -0.25) is 19.2 Å². The molecule has 140 valence electrons. The lowest BCUT2D eigenvalue weighted by atomic mass is 10.2. The topological polar surface area (TPSA) is 50.6 Å². The van der Waals surface area contributed by atoms with Gasteiger partial charge in [-0.2, -0.15) is 0 Å². The van der Waals surface area contributed by atoms with Gasteiger partial charge in [0.2, 0.25) is 5.95 Å². The number of para-hydroxylation sites is 2. The maximum atomic E-state index is 12.9. The van der Waals surface area contributed by atoms with Crippen molar-refractivity contribution < 1.29 is 4.74 Å². The molecular formula is C20H28N4O2. The molecule has 26 heavy (non-hydrogen) atoms. The summed E-state index contributed by atoms with van der Waals surface area (Å²) in [6.45, 7) is 8.18. The average Bonchev–Trinajstić information content (AvgIpc) is 2.66. The molecule has 0 spiro atoms. The normalized spacial score (nSPS) is 14.4. The second kappa shape index (κ2) is 7.91. The van der Waals surface area contributed by atoms with Crippen LogP contribution >= 0.6 is 0 Å². The molecule has 1 aliphatic rings. The summed E-state index contributed by atoms with van der Waals surface area (Å²) in [5.41, 5.74) is 2.45. The van der Waals surface area contributed by atoms with Crippen LogP contribution in [-0.4, -0.2) is 34.8 Å². The van der Waals surface area contributed by atoms with Crippen molar-refractivity contribution in [3.8, 4) is 5.75 Å². The maximum Gasteiger partial charge on any atom is 0.259 e. The van der Waals surface area contributed by atoms with Gasteiger partial charge in [0.1, 0.15) is 5.75 Å². The zero-order valence-electron chi connectivity index (χ0n) is 16.2. The van der Waals surface area contributed by atoms with Gasteiger partial charge in [-0.1, -0.05) is 31.9 Å². The number of anilines is 2. The molecule has 0 unspecified atom stereocenters.